The van der Waals surface area contributed by atoms with Crippen molar-refractivity contribution in [1.29, 1.82) is 0 Å². The lowest BCUT2D eigenvalue weighted by molar-refractivity contribution is -0.147. The number of aliphatic hydroxyl groups is 2. The van der Waals surface area contributed by atoms with Crippen molar-refractivity contribution in [1.82, 2.24) is 14.5 Å². The van der Waals surface area contributed by atoms with Gasteiger partial charge in [-0.3, -0.25) is 9.36 Å². The third-order valence-corrected chi connectivity index (χ3v) is 3.30. The normalized spacial score (nSPS) is 26.7. The molecule has 0 aliphatic carbocycles. The smallest absolute Gasteiger partial charge is 0.351 e. The monoisotopic (exact) mass is 340 g/mol. The molecule has 2 N–H and O–H groups in total. The van der Waals surface area contributed by atoms with Crippen LogP contribution in [-0.2, 0) is 14.3 Å². The molecule has 1 aromatic rings. The summed E-state index contributed by atoms with van der Waals surface area (Å²) in [6.45, 7) is 0.994. The minimum atomic E-state index is -1.36. The number of ether oxygens (including phenoxy) is 2. The Morgan fingerprint density at radius 3 is 2.79 bits per heavy atom. The van der Waals surface area contributed by atoms with Crippen LogP contribution in [-0.4, -0.2) is 76.0 Å². The molecule has 1 saturated heterocycles. The van der Waals surface area contributed by atoms with Crippen molar-refractivity contribution in [3.8, 4) is 0 Å². The lowest BCUT2D eigenvalue weighted by Crippen LogP contribution is -2.36. The molecule has 10 nitrogen and oxygen atoms in total. The molecule has 1 fully saturated rings. The largest absolute Gasteiger partial charge is 0.463 e. The fraction of sp³-hybridized carbons (Fsp3) is 0.571. The number of aliphatic imine (C=N–C) groups is 1. The second-order valence-corrected chi connectivity index (χ2v) is 5.53. The van der Waals surface area contributed by atoms with Crippen LogP contribution in [0.1, 0.15) is 13.2 Å². The summed E-state index contributed by atoms with van der Waals surface area (Å²) in [6.07, 6.45) is -1.87. The van der Waals surface area contributed by atoms with Crippen LogP contribution >= 0.6 is 0 Å². The summed E-state index contributed by atoms with van der Waals surface area (Å²) in [5.41, 5.74) is -0.687. The SMILES string of the molecule is CC(=O)OC[C@H]1O[C@@H](n2ccc(N=CN(C)C)nc2=O)[C@H](O)[C@@H]1O. The molecule has 0 amide bonds. The predicted octanol–water partition coefficient (Wildman–Crippen LogP) is -1.35. The van der Waals surface area contributed by atoms with Gasteiger partial charge in [0.1, 0.15) is 24.9 Å². The molecule has 0 radical (unpaired) electrons. The topological polar surface area (TPSA) is 126 Å². The zero-order chi connectivity index (χ0) is 17.9. The molecule has 10 heteroatoms. The highest BCUT2D eigenvalue weighted by Crippen LogP contribution is 2.28. The van der Waals surface area contributed by atoms with Crippen LogP contribution in [0.5, 0.6) is 0 Å². The van der Waals surface area contributed by atoms with Gasteiger partial charge in [0.25, 0.3) is 0 Å². The van der Waals surface area contributed by atoms with Gasteiger partial charge in [0, 0.05) is 27.2 Å². The number of hydrogen-bond donors (Lipinski definition) is 2. The molecule has 2 rings (SSSR count). The Labute approximate surface area is 138 Å². The van der Waals surface area contributed by atoms with Gasteiger partial charge in [0.05, 0.1) is 6.34 Å². The van der Waals surface area contributed by atoms with Gasteiger partial charge in [-0.25, -0.2) is 9.79 Å². The van der Waals surface area contributed by atoms with Gasteiger partial charge in [0.2, 0.25) is 0 Å². The van der Waals surface area contributed by atoms with Crippen molar-refractivity contribution in [2.45, 2.75) is 31.5 Å². The maximum absolute atomic E-state index is 12.1. The summed E-state index contributed by atoms with van der Waals surface area (Å²) in [5, 5.41) is 20.0. The van der Waals surface area contributed by atoms with Gasteiger partial charge in [0.15, 0.2) is 12.0 Å². The fourth-order valence-electron chi connectivity index (χ4n) is 2.14. The Kier molecular flexibility index (Phi) is 5.65. The lowest BCUT2D eigenvalue weighted by atomic mass is 10.1. The van der Waals surface area contributed by atoms with Crippen LogP contribution in [0.3, 0.4) is 0 Å². The van der Waals surface area contributed by atoms with E-state index in [-0.39, 0.29) is 12.4 Å². The maximum atomic E-state index is 12.1. The summed E-state index contributed by atoms with van der Waals surface area (Å²) in [4.78, 5) is 32.4. The lowest BCUT2D eigenvalue weighted by Gasteiger charge is -2.16. The molecule has 24 heavy (non-hydrogen) atoms. The van der Waals surface area contributed by atoms with E-state index in [4.69, 9.17) is 9.47 Å². The molecular formula is C14H20N4O6. The van der Waals surface area contributed by atoms with Crippen molar-refractivity contribution in [3.63, 3.8) is 0 Å². The zero-order valence-corrected chi connectivity index (χ0v) is 13.6. The Bertz CT molecular complexity index is 673. The van der Waals surface area contributed by atoms with E-state index in [9.17, 15) is 19.8 Å². The van der Waals surface area contributed by atoms with E-state index in [1.165, 1.54) is 25.5 Å². The molecule has 0 spiro atoms. The van der Waals surface area contributed by atoms with Crippen LogP contribution < -0.4 is 5.69 Å². The van der Waals surface area contributed by atoms with Crippen LogP contribution in [0, 0.1) is 0 Å². The summed E-state index contributed by atoms with van der Waals surface area (Å²) in [6, 6.07) is 1.48. The molecule has 2 heterocycles. The molecule has 0 saturated carbocycles. The highest BCUT2D eigenvalue weighted by molar-refractivity contribution is 5.65. The molecule has 0 aromatic carbocycles. The number of carbonyl (C=O) groups excluding carboxylic acids is 1. The Morgan fingerprint density at radius 1 is 1.50 bits per heavy atom. The molecular weight excluding hydrogens is 320 g/mol. The maximum Gasteiger partial charge on any atom is 0.351 e. The summed E-state index contributed by atoms with van der Waals surface area (Å²) in [7, 11) is 3.55. The number of aliphatic hydroxyl groups excluding tert-OH is 2. The Hall–Kier alpha value is -2.30. The first-order valence-corrected chi connectivity index (χ1v) is 7.24. The fourth-order valence-corrected chi connectivity index (χ4v) is 2.14. The molecule has 1 aliphatic rings. The molecule has 0 bridgehead atoms. The van der Waals surface area contributed by atoms with Gasteiger partial charge in [-0.2, -0.15) is 4.98 Å². The average molecular weight is 340 g/mol. The third-order valence-electron chi connectivity index (χ3n) is 3.30. The minimum Gasteiger partial charge on any atom is -0.463 e. The molecule has 1 aliphatic heterocycles. The number of aromatic nitrogens is 2. The van der Waals surface area contributed by atoms with Crippen molar-refractivity contribution in [3.05, 3.63) is 22.7 Å². The van der Waals surface area contributed by atoms with Gasteiger partial charge >= 0.3 is 11.7 Å². The molecule has 1 aromatic heterocycles. The van der Waals surface area contributed by atoms with Gasteiger partial charge < -0.3 is 24.6 Å². The molecule has 4 atom stereocenters. The highest BCUT2D eigenvalue weighted by Gasteiger charge is 2.44. The summed E-state index contributed by atoms with van der Waals surface area (Å²) in [5.74, 6) is -0.333. The average Bonchev–Trinajstić information content (AvgIpc) is 2.79. The van der Waals surface area contributed by atoms with Crippen molar-refractivity contribution in [2.24, 2.45) is 4.99 Å². The molecule has 0 unspecified atom stereocenters. The number of esters is 1. The van der Waals surface area contributed by atoms with E-state index in [1.54, 1.807) is 19.0 Å². The Balaban J connectivity index is 2.16. The second-order valence-electron chi connectivity index (χ2n) is 5.53. The highest BCUT2D eigenvalue weighted by atomic mass is 16.6. The Morgan fingerprint density at radius 2 is 2.21 bits per heavy atom. The third kappa shape index (κ3) is 4.16. The second kappa shape index (κ2) is 7.51. The quantitative estimate of drug-likeness (QED) is 0.383. The van der Waals surface area contributed by atoms with E-state index >= 15 is 0 Å². The molecule has 132 valence electrons. The summed E-state index contributed by atoms with van der Waals surface area (Å²) >= 11 is 0. The number of nitrogens with zero attached hydrogens (tertiary/aromatic N) is 4. The van der Waals surface area contributed by atoms with Crippen LogP contribution in [0.2, 0.25) is 0 Å². The van der Waals surface area contributed by atoms with Crippen molar-refractivity contribution >= 4 is 18.1 Å². The number of rotatable bonds is 5. The summed E-state index contributed by atoms with van der Waals surface area (Å²) < 4.78 is 11.3. The predicted molar refractivity (Wildman–Crippen MR) is 82.9 cm³/mol. The first-order valence-electron chi connectivity index (χ1n) is 7.24. The van der Waals surface area contributed by atoms with Crippen molar-refractivity contribution < 1.29 is 24.5 Å². The number of carbonyl (C=O) groups is 1. The number of hydrogen-bond acceptors (Lipinski definition) is 8. The van der Waals surface area contributed by atoms with Crippen LogP contribution in [0.15, 0.2) is 22.1 Å². The standard InChI is InChI=1S/C14H20N4O6/c1-8(19)23-6-9-11(20)12(21)13(24-9)18-5-4-10(16-14(18)22)15-7-17(2)3/h4-5,7,9,11-13,20-21H,6H2,1-3H3/t9-,11-,12-,13-/m1/s1. The van der Waals surface area contributed by atoms with E-state index in [1.807, 2.05) is 0 Å². The van der Waals surface area contributed by atoms with Crippen molar-refractivity contribution in [2.75, 3.05) is 20.7 Å². The zero-order valence-electron chi connectivity index (χ0n) is 13.6. The van der Waals surface area contributed by atoms with E-state index < -0.39 is 36.2 Å². The van der Waals surface area contributed by atoms with Crippen LogP contribution in [0.4, 0.5) is 5.82 Å². The van der Waals surface area contributed by atoms with Gasteiger partial charge in [-0.15, -0.1) is 0 Å². The first kappa shape index (κ1) is 18.0. The minimum absolute atomic E-state index is 0.203. The van der Waals surface area contributed by atoms with Gasteiger partial charge in [-0.05, 0) is 6.07 Å². The van der Waals surface area contributed by atoms with Gasteiger partial charge in [-0.1, -0.05) is 0 Å². The van der Waals surface area contributed by atoms with E-state index in [0.29, 0.717) is 0 Å². The van der Waals surface area contributed by atoms with Crippen LogP contribution in [0.25, 0.3) is 0 Å². The van der Waals surface area contributed by atoms with E-state index in [0.717, 1.165) is 4.57 Å². The first-order chi connectivity index (χ1) is 11.3. The van der Waals surface area contributed by atoms with E-state index in [2.05, 4.69) is 9.98 Å².